The highest BCUT2D eigenvalue weighted by atomic mass is 79.9. The van der Waals surface area contributed by atoms with Crippen LogP contribution in [0, 0.1) is 0 Å². The number of hydrogen-bond acceptors (Lipinski definition) is 16. The van der Waals surface area contributed by atoms with Gasteiger partial charge in [-0.2, -0.15) is 26.3 Å². The number of aromatic carboxylic acids is 1. The van der Waals surface area contributed by atoms with E-state index in [1.165, 1.54) is 16.7 Å². The van der Waals surface area contributed by atoms with E-state index >= 15 is 0 Å². The molecule has 0 aliphatic heterocycles. The second-order valence-corrected chi connectivity index (χ2v) is 32.9. The number of nitrogens with zero attached hydrogens (tertiary/aromatic N) is 4. The molecule has 4 heterocycles. The molecule has 0 bridgehead atoms. The number of aliphatic carboxylic acids is 1. The smallest absolute Gasteiger partial charge is 0.491 e. The minimum atomic E-state index is -5.62. The summed E-state index contributed by atoms with van der Waals surface area (Å²) in [5.74, 6) is -4.30. The summed E-state index contributed by atoms with van der Waals surface area (Å²) in [6.45, 7) is 21.1. The van der Waals surface area contributed by atoms with Crippen LogP contribution in [0.2, 0.25) is 0 Å². The summed E-state index contributed by atoms with van der Waals surface area (Å²) in [5, 5.41) is 36.9. The number of aromatic hydroxyl groups is 1. The number of carbonyl (C=O) groups excluding carboxylic acids is 3. The van der Waals surface area contributed by atoms with Crippen LogP contribution in [0.5, 0.6) is 28.7 Å². The highest BCUT2D eigenvalue weighted by Gasteiger charge is 2.49. The summed E-state index contributed by atoms with van der Waals surface area (Å²) in [5.41, 5.74) is 9.33. The van der Waals surface area contributed by atoms with Gasteiger partial charge in [-0.25, -0.2) is 19.4 Å². The molecular formula is C108H123BBr4Cl2F6N4O14. The molecule has 139 heavy (non-hydrogen) atoms. The van der Waals surface area contributed by atoms with Crippen molar-refractivity contribution >= 4 is 119 Å². The number of aliphatic hydroxyl groups is 1. The number of ketones is 1. The number of carboxylic acid groups (broad SMARTS) is 2. The number of methoxy groups -OCH3 is 4. The number of halogens is 12. The summed E-state index contributed by atoms with van der Waals surface area (Å²) >= 11 is 22.0. The molecule has 4 N–H and O–H groups in total. The number of para-hydroxylation sites is 1. The molecule has 4 aromatic heterocycles. The SMILES string of the molecule is BrB(Br)Br.Brc1ccccn1.C.C.CC.CC.CC.CC.CC.CC(=O)O.COc1ccc(C(=O)c2ccccc2)cc1.COc1ccc(C(O)(c2ccccc2)c2ccccn2)cc1.COc1ccc(C(c2ccccc2)c2ccccn2)cc1.COc1ccccc1.ClCCl.O=C(O)c1ccccc1.O=C(OC(=O)C(F)(F)F)C(F)(F)F.Oc1ccc(C(c2ccccc2)c2ccccn2)cc1. The van der Waals surface area contributed by atoms with Gasteiger partial charge in [-0.15, -0.1) is 70.5 Å². The van der Waals surface area contributed by atoms with Crippen LogP contribution in [0.3, 0.4) is 0 Å². The fraction of sp³-hybridized carbons (Fsp3) is 0.213. The molecule has 746 valence electrons. The fourth-order valence-corrected chi connectivity index (χ4v) is 10.9. The average Bonchev–Trinajstić information content (AvgIpc) is 0.766. The van der Waals surface area contributed by atoms with E-state index in [9.17, 15) is 55.7 Å². The summed E-state index contributed by atoms with van der Waals surface area (Å²) in [6.07, 6.45) is -4.17. The number of phenols is 1. The number of pyridine rings is 4. The van der Waals surface area contributed by atoms with Crippen molar-refractivity contribution in [1.29, 1.82) is 0 Å². The van der Waals surface area contributed by atoms with Crippen molar-refractivity contribution < 1.29 is 94.4 Å². The third-order valence-corrected chi connectivity index (χ3v) is 16.8. The summed E-state index contributed by atoms with van der Waals surface area (Å²) in [4.78, 5) is 67.8. The first-order chi connectivity index (χ1) is 65.8. The lowest BCUT2D eigenvalue weighted by atomic mass is 9.83. The second-order valence-electron chi connectivity index (χ2n) is 24.9. The summed E-state index contributed by atoms with van der Waals surface area (Å²) < 4.78 is 91.2. The lowest BCUT2D eigenvalue weighted by Gasteiger charge is -2.29. The molecule has 0 spiro atoms. The van der Waals surface area contributed by atoms with E-state index in [-0.39, 0.29) is 46.7 Å². The Bertz CT molecular complexity index is 5230. The highest BCUT2D eigenvalue weighted by Crippen LogP contribution is 2.37. The standard InChI is InChI=1S/C19H17NO2.C19H17NO.C18H15NO.C14H12O2.C7H6O2.C7H8O.C5H4BrN.C4F6O3.C2H4O2.5C2H6.CH2Cl2.2CH4.BBr3/c1-22-17-12-10-16(11-13-17)19(21,15-7-3-2-4-8-15)18-9-5-6-14-20-18;1-21-17-12-10-16(11-13-17)19(15-7-3-2-4-8-15)18-9-5-6-14-20-18;20-16-11-9-15(10-12-16)18(14-6-2-1-3-7-14)17-8-4-5-13-19-17;1-16-13-9-7-12(8-10-13)14(15)11-5-3-2-4-6-11;8-7(9)6-4-2-1-3-5-6;1-8-7-5-3-2-4-6-7;6-5-3-1-2-4-7-5;5-3(6,7)1(11)13-2(12)4(8,9)10;1-2(3)4;5*1-2;2-1-3;;;2-1(3)4/h2-14,21H,1H3;2-14,19H,1H3;1-13,18,20H;2-10H,1H3;1-5H,(H,8,9);2-6H,1H3;1-4H;;1H3,(H,3,4);5*1-2H3;1H2;2*1H4;. The molecule has 0 radical (unpaired) electrons. The Morgan fingerprint density at radius 3 is 0.899 bits per heavy atom. The molecule has 31 heteroatoms. The van der Waals surface area contributed by atoms with Crippen LogP contribution in [-0.2, 0) is 24.7 Å². The first-order valence-corrected chi connectivity index (χ1v) is 47.0. The van der Waals surface area contributed by atoms with Crippen LogP contribution < -0.4 is 18.9 Å². The first-order valence-electron chi connectivity index (χ1n) is 42.3. The molecule has 0 amide bonds. The Balaban J connectivity index is -0.000000741. The van der Waals surface area contributed by atoms with Gasteiger partial charge < -0.3 is 44.1 Å². The number of alkyl halides is 8. The van der Waals surface area contributed by atoms with E-state index in [0.717, 1.165) is 62.6 Å². The predicted molar refractivity (Wildman–Crippen MR) is 567 cm³/mol. The van der Waals surface area contributed by atoms with Crippen molar-refractivity contribution in [2.24, 2.45) is 0 Å². The zero-order chi connectivity index (χ0) is 103. The molecule has 0 aliphatic carbocycles. The zero-order valence-corrected chi connectivity index (χ0v) is 86.3. The number of aromatic nitrogens is 4. The Labute approximate surface area is 858 Å². The van der Waals surface area contributed by atoms with Crippen molar-refractivity contribution in [3.63, 3.8) is 0 Å². The van der Waals surface area contributed by atoms with Gasteiger partial charge in [0.15, 0.2) is 11.4 Å². The van der Waals surface area contributed by atoms with Gasteiger partial charge >= 0.3 is 33.4 Å². The van der Waals surface area contributed by atoms with Crippen molar-refractivity contribution in [2.45, 2.75) is 121 Å². The maximum absolute atomic E-state index is 12.0. The van der Waals surface area contributed by atoms with Gasteiger partial charge in [-0.05, 0) is 183 Å². The van der Waals surface area contributed by atoms with Crippen LogP contribution in [-0.4, -0.2) is 119 Å². The third-order valence-electron chi connectivity index (χ3n) is 16.3. The molecule has 14 aromatic rings. The van der Waals surface area contributed by atoms with E-state index in [0.29, 0.717) is 22.4 Å². The predicted octanol–water partition coefficient (Wildman–Crippen LogP) is 30.7. The highest BCUT2D eigenvalue weighted by molar-refractivity contribution is 9.69. The van der Waals surface area contributed by atoms with E-state index in [2.05, 4.69) is 142 Å². The Kier molecular flexibility index (Phi) is 77.1. The maximum Gasteiger partial charge on any atom is 0.491 e. The van der Waals surface area contributed by atoms with Gasteiger partial charge in [0.05, 0.1) is 68.3 Å². The van der Waals surface area contributed by atoms with Gasteiger partial charge in [0, 0.05) is 42.8 Å². The topological polar surface area (TPSA) is 264 Å². The monoisotopic (exact) mass is 2210 g/mol. The molecule has 0 saturated heterocycles. The first kappa shape index (κ1) is 133. The molecule has 3 atom stereocenters. The second kappa shape index (κ2) is 80.6. The lowest BCUT2D eigenvalue weighted by Crippen LogP contribution is -2.34. The molecular weight excluding hydrogens is 2090 g/mol. The van der Waals surface area contributed by atoms with E-state index < -0.39 is 41.8 Å². The van der Waals surface area contributed by atoms with Gasteiger partial charge in [0.1, 0.15) is 33.4 Å². The van der Waals surface area contributed by atoms with E-state index in [1.807, 2.05) is 312 Å². The molecule has 10 aromatic carbocycles. The summed E-state index contributed by atoms with van der Waals surface area (Å²) in [7, 11) is 6.57. The fourth-order valence-electron chi connectivity index (χ4n) is 10.6. The van der Waals surface area contributed by atoms with Crippen LogP contribution in [0.1, 0.15) is 180 Å². The summed E-state index contributed by atoms with van der Waals surface area (Å²) in [6, 6.07) is 111. The number of hydrogen-bond donors (Lipinski definition) is 4. The number of benzene rings is 10. The molecule has 0 aliphatic rings. The number of esters is 2. The number of carbonyl (C=O) groups is 5. The van der Waals surface area contributed by atoms with Gasteiger partial charge in [0.25, 0.3) is 5.97 Å². The molecule has 14 rings (SSSR count). The van der Waals surface area contributed by atoms with Crippen LogP contribution in [0.25, 0.3) is 0 Å². The minimum absolute atomic E-state index is 0. The Hall–Kier alpha value is -12.3. The van der Waals surface area contributed by atoms with Gasteiger partial charge in [0.2, 0.25) is 0 Å². The molecule has 0 fully saturated rings. The van der Waals surface area contributed by atoms with Crippen LogP contribution in [0.15, 0.2) is 381 Å². The van der Waals surface area contributed by atoms with Crippen LogP contribution in [0.4, 0.5) is 26.3 Å². The Morgan fingerprint density at radius 1 is 0.360 bits per heavy atom. The molecule has 3 unspecified atom stereocenters. The molecule has 18 nitrogen and oxygen atoms in total. The van der Waals surface area contributed by atoms with Gasteiger partial charge in [-0.1, -0.05) is 302 Å². The normalized spacial score (nSPS) is 10.2. The number of carboxylic acids is 2. The van der Waals surface area contributed by atoms with Crippen molar-refractivity contribution in [3.8, 4) is 28.7 Å². The van der Waals surface area contributed by atoms with Crippen molar-refractivity contribution in [1.82, 2.24) is 19.9 Å². The van der Waals surface area contributed by atoms with Crippen molar-refractivity contribution in [2.75, 3.05) is 33.8 Å². The number of rotatable bonds is 16. The third kappa shape index (κ3) is 55.7. The minimum Gasteiger partial charge on any atom is -0.508 e. The lowest BCUT2D eigenvalue weighted by molar-refractivity contribution is -0.221. The number of phenolic OH excluding ortho intramolecular Hbond substituents is 1. The maximum atomic E-state index is 12.0. The van der Waals surface area contributed by atoms with Crippen molar-refractivity contribution in [3.05, 3.63) is 448 Å². The molecule has 0 saturated carbocycles. The van der Waals surface area contributed by atoms with Crippen LogP contribution >= 0.6 is 86.4 Å². The number of ether oxygens (including phenoxy) is 5. The van der Waals surface area contributed by atoms with E-state index in [1.54, 1.807) is 108 Å². The van der Waals surface area contributed by atoms with Gasteiger partial charge in [-0.3, -0.25) is 24.5 Å². The quantitative estimate of drug-likeness (QED) is 0.0133. The Morgan fingerprint density at radius 2 is 0.619 bits per heavy atom. The van der Waals surface area contributed by atoms with E-state index in [4.69, 9.17) is 57.2 Å². The average molecular weight is 2220 g/mol. The zero-order valence-electron chi connectivity index (χ0n) is 78.4. The largest absolute Gasteiger partial charge is 0.508 e.